The van der Waals surface area contributed by atoms with Gasteiger partial charge in [0.05, 0.1) is 6.33 Å². The zero-order valence-electron chi connectivity index (χ0n) is 9.88. The number of nitrogens with one attached hydrogen (secondary N) is 1. The van der Waals surface area contributed by atoms with Gasteiger partial charge in [-0.25, -0.2) is 4.98 Å². The van der Waals surface area contributed by atoms with E-state index in [1.54, 1.807) is 12.5 Å². The molecule has 0 radical (unpaired) electrons. The standard InChI is InChI=1S/C12H18N4O/c17-12(1-3-15-4-2-13-9-15)16-7-10-5-14-6-11(10)8-16/h2,4,9-11,14H,1,3,5-8H2/t10-,11+. The number of nitrogens with zero attached hydrogens (tertiary/aromatic N) is 3. The van der Waals surface area contributed by atoms with Crippen LogP contribution < -0.4 is 5.32 Å². The topological polar surface area (TPSA) is 50.2 Å². The highest BCUT2D eigenvalue weighted by Crippen LogP contribution is 2.26. The average molecular weight is 234 g/mol. The summed E-state index contributed by atoms with van der Waals surface area (Å²) in [6.07, 6.45) is 5.99. The van der Waals surface area contributed by atoms with Crippen molar-refractivity contribution in [2.75, 3.05) is 26.2 Å². The van der Waals surface area contributed by atoms with Crippen LogP contribution in [0.3, 0.4) is 0 Å². The minimum absolute atomic E-state index is 0.285. The van der Waals surface area contributed by atoms with Gasteiger partial charge in [0.2, 0.25) is 5.91 Å². The summed E-state index contributed by atoms with van der Waals surface area (Å²) < 4.78 is 1.95. The Bertz CT molecular complexity index is 377. The Balaban J connectivity index is 1.50. The molecule has 1 N–H and O–H groups in total. The van der Waals surface area contributed by atoms with Gasteiger partial charge in [0, 0.05) is 51.5 Å². The zero-order valence-corrected chi connectivity index (χ0v) is 9.88. The third-order valence-electron chi connectivity index (χ3n) is 3.89. The Morgan fingerprint density at radius 1 is 1.35 bits per heavy atom. The molecule has 0 aromatic carbocycles. The van der Waals surface area contributed by atoms with E-state index in [1.807, 2.05) is 15.7 Å². The summed E-state index contributed by atoms with van der Waals surface area (Å²) in [4.78, 5) is 18.1. The summed E-state index contributed by atoms with van der Waals surface area (Å²) in [5, 5.41) is 3.39. The van der Waals surface area contributed by atoms with Crippen molar-refractivity contribution in [1.82, 2.24) is 19.8 Å². The molecule has 2 aliphatic heterocycles. The summed E-state index contributed by atoms with van der Waals surface area (Å²) >= 11 is 0. The zero-order chi connectivity index (χ0) is 11.7. The maximum Gasteiger partial charge on any atom is 0.224 e. The summed E-state index contributed by atoms with van der Waals surface area (Å²) in [6.45, 7) is 4.79. The number of fused-ring (bicyclic) bond motifs is 1. The van der Waals surface area contributed by atoms with E-state index < -0.39 is 0 Å². The van der Waals surface area contributed by atoms with Crippen molar-refractivity contribution in [2.24, 2.45) is 11.8 Å². The number of aromatic nitrogens is 2. The van der Waals surface area contributed by atoms with Crippen LogP contribution in [-0.4, -0.2) is 46.5 Å². The fourth-order valence-electron chi connectivity index (χ4n) is 2.86. The van der Waals surface area contributed by atoms with E-state index in [4.69, 9.17) is 0 Å². The molecule has 2 fully saturated rings. The first-order valence-electron chi connectivity index (χ1n) is 6.27. The Morgan fingerprint density at radius 2 is 2.12 bits per heavy atom. The van der Waals surface area contributed by atoms with Gasteiger partial charge >= 0.3 is 0 Å². The number of likely N-dealkylation sites (tertiary alicyclic amines) is 1. The van der Waals surface area contributed by atoms with E-state index in [2.05, 4.69) is 10.3 Å². The molecule has 1 amide bonds. The smallest absolute Gasteiger partial charge is 0.224 e. The van der Waals surface area contributed by atoms with Crippen LogP contribution in [0.15, 0.2) is 18.7 Å². The first-order valence-corrected chi connectivity index (χ1v) is 6.27. The molecule has 5 nitrogen and oxygen atoms in total. The summed E-state index contributed by atoms with van der Waals surface area (Å²) in [5.74, 6) is 1.66. The molecular formula is C12H18N4O. The predicted octanol–water partition coefficient (Wildman–Crippen LogP) is -0.0490. The molecule has 92 valence electrons. The Labute approximate surface area is 101 Å². The first-order chi connectivity index (χ1) is 8.33. The molecule has 1 aromatic rings. The number of rotatable bonds is 3. The second kappa shape index (κ2) is 4.49. The average Bonchev–Trinajstić information content (AvgIpc) is 3.01. The first kappa shape index (κ1) is 10.8. The van der Waals surface area contributed by atoms with Crippen LogP contribution in [-0.2, 0) is 11.3 Å². The summed E-state index contributed by atoms with van der Waals surface area (Å²) in [7, 11) is 0. The van der Waals surface area contributed by atoms with Crippen LogP contribution in [0.2, 0.25) is 0 Å². The maximum atomic E-state index is 12.0. The van der Waals surface area contributed by atoms with Gasteiger partial charge in [0.15, 0.2) is 0 Å². The number of carbonyl (C=O) groups is 1. The van der Waals surface area contributed by atoms with Gasteiger partial charge in [-0.05, 0) is 11.8 Å². The van der Waals surface area contributed by atoms with Gasteiger partial charge in [-0.3, -0.25) is 4.79 Å². The van der Waals surface area contributed by atoms with E-state index >= 15 is 0 Å². The highest BCUT2D eigenvalue weighted by atomic mass is 16.2. The molecule has 0 saturated carbocycles. The summed E-state index contributed by atoms with van der Waals surface area (Å²) in [5.41, 5.74) is 0. The second-order valence-electron chi connectivity index (χ2n) is 5.03. The van der Waals surface area contributed by atoms with E-state index in [9.17, 15) is 4.79 Å². The summed E-state index contributed by atoms with van der Waals surface area (Å²) in [6, 6.07) is 0. The number of carbonyl (C=O) groups excluding carboxylic acids is 1. The van der Waals surface area contributed by atoms with Gasteiger partial charge in [0.1, 0.15) is 0 Å². The van der Waals surface area contributed by atoms with Crippen molar-refractivity contribution in [2.45, 2.75) is 13.0 Å². The van der Waals surface area contributed by atoms with Gasteiger partial charge in [-0.15, -0.1) is 0 Å². The monoisotopic (exact) mass is 234 g/mol. The molecule has 1 aromatic heterocycles. The lowest BCUT2D eigenvalue weighted by molar-refractivity contribution is -0.130. The molecule has 17 heavy (non-hydrogen) atoms. The van der Waals surface area contributed by atoms with Crippen LogP contribution in [0.1, 0.15) is 6.42 Å². The molecular weight excluding hydrogens is 216 g/mol. The van der Waals surface area contributed by atoms with Crippen molar-refractivity contribution in [3.63, 3.8) is 0 Å². The van der Waals surface area contributed by atoms with Gasteiger partial charge < -0.3 is 14.8 Å². The quantitative estimate of drug-likeness (QED) is 0.798. The molecule has 0 unspecified atom stereocenters. The fraction of sp³-hybridized carbons (Fsp3) is 0.667. The fourth-order valence-corrected chi connectivity index (χ4v) is 2.86. The van der Waals surface area contributed by atoms with E-state index in [0.717, 1.165) is 32.7 Å². The normalized spacial score (nSPS) is 27.4. The SMILES string of the molecule is O=C(CCn1ccnc1)N1C[C@H]2CNC[C@H]2C1. The number of imidazole rings is 1. The van der Waals surface area contributed by atoms with Crippen LogP contribution in [0.4, 0.5) is 0 Å². The third-order valence-corrected chi connectivity index (χ3v) is 3.89. The van der Waals surface area contributed by atoms with Crippen LogP contribution in [0.5, 0.6) is 0 Å². The van der Waals surface area contributed by atoms with Gasteiger partial charge in [-0.1, -0.05) is 0 Å². The molecule has 0 spiro atoms. The predicted molar refractivity (Wildman–Crippen MR) is 63.3 cm³/mol. The highest BCUT2D eigenvalue weighted by molar-refractivity contribution is 5.76. The number of hydrogen-bond acceptors (Lipinski definition) is 3. The molecule has 2 saturated heterocycles. The van der Waals surface area contributed by atoms with Crippen molar-refractivity contribution in [3.8, 4) is 0 Å². The number of amides is 1. The molecule has 2 atom stereocenters. The largest absolute Gasteiger partial charge is 0.342 e. The van der Waals surface area contributed by atoms with Crippen molar-refractivity contribution in [1.29, 1.82) is 0 Å². The second-order valence-corrected chi connectivity index (χ2v) is 5.03. The molecule has 0 aliphatic carbocycles. The van der Waals surface area contributed by atoms with Crippen molar-refractivity contribution >= 4 is 5.91 Å². The van der Waals surface area contributed by atoms with E-state index in [1.165, 1.54) is 0 Å². The molecule has 5 heteroatoms. The molecule has 3 rings (SSSR count). The molecule has 2 aliphatic rings. The lowest BCUT2D eigenvalue weighted by Gasteiger charge is -2.17. The van der Waals surface area contributed by atoms with Crippen LogP contribution in [0.25, 0.3) is 0 Å². The van der Waals surface area contributed by atoms with Gasteiger partial charge in [-0.2, -0.15) is 0 Å². The third kappa shape index (κ3) is 2.20. The Morgan fingerprint density at radius 3 is 2.76 bits per heavy atom. The van der Waals surface area contributed by atoms with E-state index in [-0.39, 0.29) is 5.91 Å². The number of aryl methyl sites for hydroxylation is 1. The number of hydrogen-bond donors (Lipinski definition) is 1. The lowest BCUT2D eigenvalue weighted by Crippen LogP contribution is -2.32. The Kier molecular flexibility index (Phi) is 2.84. The van der Waals surface area contributed by atoms with Crippen molar-refractivity contribution in [3.05, 3.63) is 18.7 Å². The lowest BCUT2D eigenvalue weighted by atomic mass is 10.0. The minimum Gasteiger partial charge on any atom is -0.342 e. The van der Waals surface area contributed by atoms with Crippen LogP contribution >= 0.6 is 0 Å². The molecule has 0 bridgehead atoms. The van der Waals surface area contributed by atoms with E-state index in [0.29, 0.717) is 18.3 Å². The molecule has 3 heterocycles. The highest BCUT2D eigenvalue weighted by Gasteiger charge is 2.37. The van der Waals surface area contributed by atoms with Crippen molar-refractivity contribution < 1.29 is 4.79 Å². The minimum atomic E-state index is 0.285. The van der Waals surface area contributed by atoms with Gasteiger partial charge in [0.25, 0.3) is 0 Å². The van der Waals surface area contributed by atoms with Crippen LogP contribution in [0, 0.1) is 11.8 Å². The maximum absolute atomic E-state index is 12.0. The Hall–Kier alpha value is -1.36.